The van der Waals surface area contributed by atoms with E-state index in [2.05, 4.69) is 15.6 Å². The third kappa shape index (κ3) is 4.89. The number of rotatable bonds is 6. The number of methoxy groups -OCH3 is 2. The number of nitrogens with one attached hydrogen (secondary N) is 3. The molecule has 0 bridgehead atoms. The lowest BCUT2D eigenvalue weighted by atomic mass is 10.3. The quantitative estimate of drug-likeness (QED) is 0.474. The van der Waals surface area contributed by atoms with E-state index in [1.165, 1.54) is 32.4 Å². The number of anilines is 1. The van der Waals surface area contributed by atoms with Crippen LogP contribution in [0.2, 0.25) is 10.0 Å². The Morgan fingerprint density at radius 3 is 2.42 bits per heavy atom. The van der Waals surface area contributed by atoms with E-state index >= 15 is 0 Å². The fourth-order valence-electron chi connectivity index (χ4n) is 1.91. The lowest BCUT2D eigenvalue weighted by molar-refractivity contribution is 0.354. The van der Waals surface area contributed by atoms with E-state index in [9.17, 15) is 8.42 Å². The van der Waals surface area contributed by atoms with Gasteiger partial charge in [0.2, 0.25) is 0 Å². The van der Waals surface area contributed by atoms with Crippen LogP contribution in [0.5, 0.6) is 11.5 Å². The molecule has 0 amide bonds. The summed E-state index contributed by atoms with van der Waals surface area (Å²) < 4.78 is 34.9. The van der Waals surface area contributed by atoms with Crippen LogP contribution < -0.4 is 25.0 Å². The molecule has 7 nitrogen and oxygen atoms in total. The van der Waals surface area contributed by atoms with Gasteiger partial charge < -0.3 is 14.8 Å². The Morgan fingerprint density at radius 2 is 1.77 bits per heavy atom. The molecule has 3 N–H and O–H groups in total. The maximum atomic E-state index is 12.4. The van der Waals surface area contributed by atoms with Crippen molar-refractivity contribution < 1.29 is 17.9 Å². The van der Waals surface area contributed by atoms with Gasteiger partial charge in [0.25, 0.3) is 10.0 Å². The predicted molar refractivity (Wildman–Crippen MR) is 106 cm³/mol. The number of thiocarbonyl (C=S) groups is 1. The lowest BCUT2D eigenvalue weighted by Crippen LogP contribution is -2.43. The first-order valence-electron chi connectivity index (χ1n) is 7.03. The first-order chi connectivity index (χ1) is 12.3. The zero-order valence-electron chi connectivity index (χ0n) is 13.7. The Hall–Kier alpha value is -1.78. The summed E-state index contributed by atoms with van der Waals surface area (Å²) in [7, 11) is -1.04. The molecule has 0 saturated carbocycles. The third-order valence-electron chi connectivity index (χ3n) is 3.16. The van der Waals surface area contributed by atoms with Gasteiger partial charge in [-0.05, 0) is 36.5 Å². The summed E-state index contributed by atoms with van der Waals surface area (Å²) in [5, 5.41) is 3.34. The molecule has 140 valence electrons. The van der Waals surface area contributed by atoms with Crippen molar-refractivity contribution in [3.63, 3.8) is 0 Å². The molecule has 2 aromatic rings. The molecule has 0 spiro atoms. The second kappa shape index (κ2) is 8.74. The van der Waals surface area contributed by atoms with Crippen LogP contribution in [-0.2, 0) is 10.0 Å². The van der Waals surface area contributed by atoms with E-state index in [0.717, 1.165) is 0 Å². The van der Waals surface area contributed by atoms with Crippen LogP contribution in [0.3, 0.4) is 0 Å². The highest BCUT2D eigenvalue weighted by molar-refractivity contribution is 7.89. The summed E-state index contributed by atoms with van der Waals surface area (Å²) in [6.07, 6.45) is 0. The van der Waals surface area contributed by atoms with Crippen molar-refractivity contribution in [2.45, 2.75) is 4.90 Å². The monoisotopic (exact) mass is 435 g/mol. The van der Waals surface area contributed by atoms with E-state index in [4.69, 9.17) is 44.9 Å². The van der Waals surface area contributed by atoms with Crippen LogP contribution in [0.25, 0.3) is 0 Å². The van der Waals surface area contributed by atoms with Crippen LogP contribution in [0, 0.1) is 0 Å². The van der Waals surface area contributed by atoms with Crippen molar-refractivity contribution in [1.82, 2.24) is 10.3 Å². The molecule has 0 aromatic heterocycles. The van der Waals surface area contributed by atoms with Gasteiger partial charge in [0.1, 0.15) is 0 Å². The third-order valence-corrected chi connectivity index (χ3v) is 5.43. The number of halogens is 2. The number of hydrogen-bond donors (Lipinski definition) is 3. The Kier molecular flexibility index (Phi) is 6.90. The van der Waals surface area contributed by atoms with Crippen molar-refractivity contribution in [2.75, 3.05) is 19.5 Å². The number of hydrazine groups is 1. The molecule has 0 atom stereocenters. The van der Waals surface area contributed by atoms with Gasteiger partial charge in [-0.25, -0.2) is 8.42 Å². The average molecular weight is 436 g/mol. The number of ether oxygens (including phenoxy) is 2. The minimum atomic E-state index is -3.91. The van der Waals surface area contributed by atoms with Gasteiger partial charge >= 0.3 is 0 Å². The molecule has 0 radical (unpaired) electrons. The van der Waals surface area contributed by atoms with Crippen LogP contribution in [0.4, 0.5) is 5.69 Å². The average Bonchev–Trinajstić information content (AvgIpc) is 2.63. The van der Waals surface area contributed by atoms with E-state index < -0.39 is 10.0 Å². The highest BCUT2D eigenvalue weighted by atomic mass is 35.5. The van der Waals surface area contributed by atoms with E-state index in [1.54, 1.807) is 18.2 Å². The molecule has 0 unspecified atom stereocenters. The molecule has 11 heteroatoms. The first-order valence-corrected chi connectivity index (χ1v) is 9.68. The van der Waals surface area contributed by atoms with Gasteiger partial charge in [-0.15, -0.1) is 4.83 Å². The van der Waals surface area contributed by atoms with Crippen LogP contribution >= 0.6 is 35.4 Å². The summed E-state index contributed by atoms with van der Waals surface area (Å²) in [5.74, 6) is 0.689. The smallest absolute Gasteiger partial charge is 0.257 e. The van der Waals surface area contributed by atoms with Crippen molar-refractivity contribution in [3.05, 3.63) is 46.4 Å². The Balaban J connectivity index is 2.08. The minimum Gasteiger partial charge on any atom is -0.493 e. The lowest BCUT2D eigenvalue weighted by Gasteiger charge is -2.14. The van der Waals surface area contributed by atoms with E-state index in [-0.39, 0.29) is 20.8 Å². The summed E-state index contributed by atoms with van der Waals surface area (Å²) in [5.41, 5.74) is 2.82. The fourth-order valence-corrected chi connectivity index (χ4v) is 3.35. The zero-order chi connectivity index (χ0) is 19.3. The molecule has 0 fully saturated rings. The number of sulfonamides is 1. The SMILES string of the molecule is COc1ccc(S(=O)(=O)NNC(=S)Nc2cccc(Cl)c2Cl)cc1OC. The molecule has 0 aliphatic rings. The van der Waals surface area contributed by atoms with Gasteiger partial charge in [0.05, 0.1) is 34.8 Å². The van der Waals surface area contributed by atoms with Crippen LogP contribution in [0.15, 0.2) is 41.3 Å². The summed E-state index contributed by atoms with van der Waals surface area (Å²) in [4.78, 5) is 2.13. The van der Waals surface area contributed by atoms with Gasteiger partial charge in [0.15, 0.2) is 16.6 Å². The van der Waals surface area contributed by atoms with Crippen molar-refractivity contribution >= 4 is 56.2 Å². The largest absolute Gasteiger partial charge is 0.493 e. The van der Waals surface area contributed by atoms with Crippen molar-refractivity contribution in [1.29, 1.82) is 0 Å². The van der Waals surface area contributed by atoms with Gasteiger partial charge in [-0.3, -0.25) is 5.43 Å². The van der Waals surface area contributed by atoms with Gasteiger partial charge in [-0.1, -0.05) is 29.3 Å². The fraction of sp³-hybridized carbons (Fsp3) is 0.133. The molecule has 0 aliphatic carbocycles. The van der Waals surface area contributed by atoms with E-state index in [1.807, 2.05) is 0 Å². The maximum absolute atomic E-state index is 12.4. The second-order valence-electron chi connectivity index (χ2n) is 4.80. The van der Waals surface area contributed by atoms with Gasteiger partial charge in [0, 0.05) is 6.07 Å². The Morgan fingerprint density at radius 1 is 1.08 bits per heavy atom. The normalized spacial score (nSPS) is 10.9. The molecular formula is C15H15Cl2N3O4S2. The summed E-state index contributed by atoms with van der Waals surface area (Å²) in [6.45, 7) is 0. The molecule has 26 heavy (non-hydrogen) atoms. The molecule has 0 saturated heterocycles. The second-order valence-corrected chi connectivity index (χ2v) is 7.68. The standard InChI is InChI=1S/C15H15Cl2N3O4S2/c1-23-12-7-6-9(8-13(12)24-2)26(21,22)20-19-15(25)18-11-5-3-4-10(16)14(11)17/h3-8,20H,1-2H3,(H2,18,19,25). The molecule has 0 heterocycles. The predicted octanol–water partition coefficient (Wildman–Crippen LogP) is 3.19. The van der Waals surface area contributed by atoms with Crippen LogP contribution in [-0.4, -0.2) is 27.7 Å². The molecule has 0 aliphatic heterocycles. The van der Waals surface area contributed by atoms with Crippen molar-refractivity contribution in [3.8, 4) is 11.5 Å². The Labute approximate surface area is 166 Å². The highest BCUT2D eigenvalue weighted by Crippen LogP contribution is 2.30. The summed E-state index contributed by atoms with van der Waals surface area (Å²) >= 11 is 17.0. The maximum Gasteiger partial charge on any atom is 0.257 e. The van der Waals surface area contributed by atoms with Crippen molar-refractivity contribution in [2.24, 2.45) is 0 Å². The van der Waals surface area contributed by atoms with Gasteiger partial charge in [-0.2, -0.15) is 0 Å². The van der Waals surface area contributed by atoms with Crippen LogP contribution in [0.1, 0.15) is 0 Å². The Bertz CT molecular complexity index is 923. The van der Waals surface area contributed by atoms with E-state index in [0.29, 0.717) is 16.5 Å². The topological polar surface area (TPSA) is 88.7 Å². The summed E-state index contributed by atoms with van der Waals surface area (Å²) in [6, 6.07) is 9.11. The number of benzene rings is 2. The molecule has 2 aromatic carbocycles. The molecular weight excluding hydrogens is 421 g/mol. The minimum absolute atomic E-state index is 0.0155. The molecule has 2 rings (SSSR count). The highest BCUT2D eigenvalue weighted by Gasteiger charge is 2.17. The number of hydrogen-bond acceptors (Lipinski definition) is 5. The first kappa shape index (κ1) is 20.5. The zero-order valence-corrected chi connectivity index (χ0v) is 16.8.